The molecule has 9 heteroatoms. The molecule has 1 heterocycles. The van der Waals surface area contributed by atoms with Crippen LogP contribution in [-0.2, 0) is 11.3 Å². The van der Waals surface area contributed by atoms with E-state index in [1.54, 1.807) is 31.4 Å². The molecule has 0 aliphatic rings. The van der Waals surface area contributed by atoms with Crippen LogP contribution in [0.15, 0.2) is 58.2 Å². The third-order valence-electron chi connectivity index (χ3n) is 3.86. The van der Waals surface area contributed by atoms with Crippen molar-refractivity contribution in [3.8, 4) is 5.75 Å². The second-order valence-electron chi connectivity index (χ2n) is 6.08. The lowest BCUT2D eigenvalue weighted by atomic mass is 10.2. The van der Waals surface area contributed by atoms with Crippen molar-refractivity contribution in [2.75, 3.05) is 18.2 Å². The van der Waals surface area contributed by atoms with E-state index in [0.29, 0.717) is 11.3 Å². The minimum atomic E-state index is -0.266. The number of nitrogens with zero attached hydrogens (tertiary/aromatic N) is 2. The second-order valence-corrected chi connectivity index (χ2v) is 7.00. The first kappa shape index (κ1) is 20.4. The van der Waals surface area contributed by atoms with Crippen molar-refractivity contribution in [1.82, 2.24) is 15.5 Å². The summed E-state index contributed by atoms with van der Waals surface area (Å²) >= 11 is 1.13. The zero-order valence-electron chi connectivity index (χ0n) is 16.0. The Kier molecular flexibility index (Phi) is 6.85. The maximum Gasteiger partial charge on any atom is 0.277 e. The van der Waals surface area contributed by atoms with Gasteiger partial charge < -0.3 is 19.8 Å². The molecule has 0 saturated carbocycles. The SMILES string of the molecule is COc1ccc(C(=O)NCc2nnc(SCC(=O)Nc3ccc(C)cc3)o2)cc1. The van der Waals surface area contributed by atoms with Gasteiger partial charge in [-0.05, 0) is 43.3 Å². The van der Waals surface area contributed by atoms with Crippen molar-refractivity contribution >= 4 is 29.3 Å². The molecule has 150 valence electrons. The molecule has 2 aromatic carbocycles. The number of aromatic nitrogens is 2. The van der Waals surface area contributed by atoms with Gasteiger partial charge in [-0.3, -0.25) is 9.59 Å². The Morgan fingerprint density at radius 3 is 2.48 bits per heavy atom. The van der Waals surface area contributed by atoms with Crippen LogP contribution in [0.3, 0.4) is 0 Å². The predicted molar refractivity (Wildman–Crippen MR) is 109 cm³/mol. The molecule has 3 aromatic rings. The summed E-state index contributed by atoms with van der Waals surface area (Å²) in [6.45, 7) is 2.07. The Balaban J connectivity index is 1.44. The van der Waals surface area contributed by atoms with Crippen LogP contribution in [0.25, 0.3) is 0 Å². The molecule has 0 spiro atoms. The Labute approximate surface area is 172 Å². The van der Waals surface area contributed by atoms with E-state index < -0.39 is 0 Å². The normalized spacial score (nSPS) is 10.4. The predicted octanol–water partition coefficient (Wildman–Crippen LogP) is 3.05. The van der Waals surface area contributed by atoms with E-state index in [2.05, 4.69) is 20.8 Å². The third-order valence-corrected chi connectivity index (χ3v) is 4.68. The van der Waals surface area contributed by atoms with Crippen LogP contribution < -0.4 is 15.4 Å². The summed E-state index contributed by atoms with van der Waals surface area (Å²) in [5.74, 6) is 0.622. The molecule has 0 saturated heterocycles. The number of anilines is 1. The van der Waals surface area contributed by atoms with E-state index in [-0.39, 0.29) is 35.2 Å². The lowest BCUT2D eigenvalue weighted by Crippen LogP contribution is -2.22. The molecule has 3 rings (SSSR count). The number of hydrogen-bond acceptors (Lipinski definition) is 7. The van der Waals surface area contributed by atoms with Crippen LogP contribution >= 0.6 is 11.8 Å². The average Bonchev–Trinajstić information content (AvgIpc) is 3.20. The van der Waals surface area contributed by atoms with Gasteiger partial charge in [0.15, 0.2) is 0 Å². The number of thioether (sulfide) groups is 1. The monoisotopic (exact) mass is 412 g/mol. The number of benzene rings is 2. The highest BCUT2D eigenvalue weighted by molar-refractivity contribution is 7.99. The molecule has 2 amide bonds. The van der Waals surface area contributed by atoms with E-state index in [4.69, 9.17) is 9.15 Å². The molecule has 0 bridgehead atoms. The van der Waals surface area contributed by atoms with Gasteiger partial charge >= 0.3 is 0 Å². The van der Waals surface area contributed by atoms with Crippen molar-refractivity contribution in [1.29, 1.82) is 0 Å². The lowest BCUT2D eigenvalue weighted by molar-refractivity contribution is -0.113. The highest BCUT2D eigenvalue weighted by Gasteiger charge is 2.12. The maximum absolute atomic E-state index is 12.1. The largest absolute Gasteiger partial charge is 0.497 e. The number of methoxy groups -OCH3 is 1. The number of carbonyl (C=O) groups excluding carboxylic acids is 2. The molecule has 0 radical (unpaired) electrons. The van der Waals surface area contributed by atoms with Crippen LogP contribution in [0, 0.1) is 6.92 Å². The van der Waals surface area contributed by atoms with Gasteiger partial charge in [-0.1, -0.05) is 29.5 Å². The first-order valence-electron chi connectivity index (χ1n) is 8.77. The lowest BCUT2D eigenvalue weighted by Gasteiger charge is -2.04. The zero-order chi connectivity index (χ0) is 20.6. The third kappa shape index (κ3) is 6.08. The summed E-state index contributed by atoms with van der Waals surface area (Å²) in [6, 6.07) is 14.3. The van der Waals surface area contributed by atoms with E-state index in [9.17, 15) is 9.59 Å². The quantitative estimate of drug-likeness (QED) is 0.548. The second kappa shape index (κ2) is 9.74. The van der Waals surface area contributed by atoms with Gasteiger partial charge in [0, 0.05) is 11.3 Å². The zero-order valence-corrected chi connectivity index (χ0v) is 16.8. The number of carbonyl (C=O) groups is 2. The van der Waals surface area contributed by atoms with Gasteiger partial charge in [0.2, 0.25) is 11.8 Å². The van der Waals surface area contributed by atoms with Crippen molar-refractivity contribution in [3.05, 3.63) is 65.5 Å². The maximum atomic E-state index is 12.1. The molecule has 29 heavy (non-hydrogen) atoms. The Bertz CT molecular complexity index is 971. The fourth-order valence-electron chi connectivity index (χ4n) is 2.33. The van der Waals surface area contributed by atoms with E-state index in [1.807, 2.05) is 31.2 Å². The highest BCUT2D eigenvalue weighted by atomic mass is 32.2. The van der Waals surface area contributed by atoms with Crippen LogP contribution in [0.2, 0.25) is 0 Å². The Hall–Kier alpha value is -3.33. The first-order chi connectivity index (χ1) is 14.0. The summed E-state index contributed by atoms with van der Waals surface area (Å²) in [6.07, 6.45) is 0. The van der Waals surface area contributed by atoms with Gasteiger partial charge in [0.1, 0.15) is 5.75 Å². The molecule has 0 atom stereocenters. The number of rotatable bonds is 8. The molecule has 1 aromatic heterocycles. The van der Waals surface area contributed by atoms with Crippen molar-refractivity contribution in [3.63, 3.8) is 0 Å². The van der Waals surface area contributed by atoms with Gasteiger partial charge in [0.05, 0.1) is 19.4 Å². The van der Waals surface area contributed by atoms with E-state index in [0.717, 1.165) is 23.0 Å². The van der Waals surface area contributed by atoms with Crippen LogP contribution in [0.5, 0.6) is 5.75 Å². The first-order valence-corrected chi connectivity index (χ1v) is 9.76. The molecule has 2 N–H and O–H groups in total. The molecular formula is C20H20N4O4S. The fourth-order valence-corrected chi connectivity index (χ4v) is 2.91. The van der Waals surface area contributed by atoms with Crippen LogP contribution in [0.4, 0.5) is 5.69 Å². The molecular weight excluding hydrogens is 392 g/mol. The fraction of sp³-hybridized carbons (Fsp3) is 0.200. The molecule has 0 unspecified atom stereocenters. The summed E-state index contributed by atoms with van der Waals surface area (Å²) in [5, 5.41) is 13.5. The number of nitrogens with one attached hydrogen (secondary N) is 2. The minimum Gasteiger partial charge on any atom is -0.497 e. The number of ether oxygens (including phenoxy) is 1. The summed E-state index contributed by atoms with van der Waals surface area (Å²) < 4.78 is 10.5. The van der Waals surface area contributed by atoms with Crippen molar-refractivity contribution in [2.24, 2.45) is 0 Å². The van der Waals surface area contributed by atoms with Crippen LogP contribution in [-0.4, -0.2) is 34.9 Å². The summed E-state index contributed by atoms with van der Waals surface area (Å²) in [4.78, 5) is 24.1. The molecule has 0 aliphatic carbocycles. The Morgan fingerprint density at radius 1 is 1.07 bits per heavy atom. The van der Waals surface area contributed by atoms with E-state index in [1.165, 1.54) is 0 Å². The smallest absolute Gasteiger partial charge is 0.277 e. The van der Waals surface area contributed by atoms with E-state index >= 15 is 0 Å². The number of aryl methyl sites for hydroxylation is 1. The number of amides is 2. The van der Waals surface area contributed by atoms with Crippen LogP contribution in [0.1, 0.15) is 21.8 Å². The van der Waals surface area contributed by atoms with Crippen molar-refractivity contribution < 1.29 is 18.7 Å². The van der Waals surface area contributed by atoms with Crippen molar-refractivity contribution in [2.45, 2.75) is 18.7 Å². The highest BCUT2D eigenvalue weighted by Crippen LogP contribution is 2.17. The number of hydrogen-bond donors (Lipinski definition) is 2. The van der Waals surface area contributed by atoms with Gasteiger partial charge in [-0.15, -0.1) is 10.2 Å². The Morgan fingerprint density at radius 2 is 1.79 bits per heavy atom. The topological polar surface area (TPSA) is 106 Å². The van der Waals surface area contributed by atoms with Gasteiger partial charge in [-0.2, -0.15) is 0 Å². The standard InChI is InChI=1S/C20H20N4O4S/c1-13-3-7-15(8-4-13)22-17(25)12-29-20-24-23-18(28-20)11-21-19(26)14-5-9-16(27-2)10-6-14/h3-10H,11-12H2,1-2H3,(H,21,26)(H,22,25). The summed E-state index contributed by atoms with van der Waals surface area (Å²) in [7, 11) is 1.56. The molecule has 8 nitrogen and oxygen atoms in total. The average molecular weight is 412 g/mol. The molecule has 0 aliphatic heterocycles. The molecule has 0 fully saturated rings. The summed E-state index contributed by atoms with van der Waals surface area (Å²) in [5.41, 5.74) is 2.34. The van der Waals surface area contributed by atoms with Gasteiger partial charge in [0.25, 0.3) is 11.1 Å². The van der Waals surface area contributed by atoms with Gasteiger partial charge in [-0.25, -0.2) is 0 Å². The minimum absolute atomic E-state index is 0.0913.